The number of halogens is 2. The van der Waals surface area contributed by atoms with E-state index in [9.17, 15) is 17.6 Å². The summed E-state index contributed by atoms with van der Waals surface area (Å²) >= 11 is 5.89. The van der Waals surface area contributed by atoms with E-state index >= 15 is 0 Å². The van der Waals surface area contributed by atoms with Gasteiger partial charge in [-0.1, -0.05) is 23.7 Å². The Hall–Kier alpha value is -3.14. The Morgan fingerprint density at radius 2 is 1.71 bits per heavy atom. The van der Waals surface area contributed by atoms with Gasteiger partial charge in [-0.05, 0) is 61.5 Å². The first-order valence-electron chi connectivity index (χ1n) is 11.1. The maximum Gasteiger partial charge on any atom is 0.255 e. The fourth-order valence-electron chi connectivity index (χ4n) is 3.87. The highest BCUT2D eigenvalue weighted by molar-refractivity contribution is 7.89. The van der Waals surface area contributed by atoms with Crippen molar-refractivity contribution in [2.45, 2.75) is 11.8 Å². The normalized spacial score (nSPS) is 14.5. The number of hydrogen-bond acceptors (Lipinski definition) is 5. The lowest BCUT2D eigenvalue weighted by Gasteiger charge is -2.35. The first kappa shape index (κ1) is 25.0. The van der Waals surface area contributed by atoms with Crippen molar-refractivity contribution in [1.29, 1.82) is 0 Å². The van der Waals surface area contributed by atoms with Crippen LogP contribution in [0.5, 0.6) is 5.75 Å². The second-order valence-electron chi connectivity index (χ2n) is 7.89. The number of hydrogen-bond donors (Lipinski definition) is 1. The molecule has 4 rings (SSSR count). The molecule has 184 valence electrons. The van der Waals surface area contributed by atoms with E-state index in [2.05, 4.69) is 5.32 Å². The van der Waals surface area contributed by atoms with Crippen molar-refractivity contribution < 1.29 is 22.3 Å². The van der Waals surface area contributed by atoms with E-state index in [0.717, 1.165) is 0 Å². The fraction of sp³-hybridized carbons (Fsp3) is 0.240. The summed E-state index contributed by atoms with van der Waals surface area (Å²) in [4.78, 5) is 14.6. The van der Waals surface area contributed by atoms with E-state index in [-0.39, 0.29) is 29.5 Å². The molecule has 1 amide bonds. The van der Waals surface area contributed by atoms with Crippen LogP contribution in [-0.4, -0.2) is 51.4 Å². The van der Waals surface area contributed by atoms with Crippen molar-refractivity contribution in [3.05, 3.63) is 83.1 Å². The van der Waals surface area contributed by atoms with Gasteiger partial charge in [0, 0.05) is 36.8 Å². The zero-order chi connectivity index (χ0) is 25.0. The summed E-state index contributed by atoms with van der Waals surface area (Å²) in [6, 6.07) is 17.2. The largest absolute Gasteiger partial charge is 0.492 e. The van der Waals surface area contributed by atoms with E-state index in [1.54, 1.807) is 49.4 Å². The third kappa shape index (κ3) is 5.58. The SMILES string of the molecule is CCOc1ccc(S(=O)(=O)N2CCN(c3ccccc3F)CC2)cc1NC(=O)c1ccc(Cl)cc1. The molecule has 0 bridgehead atoms. The van der Waals surface area contributed by atoms with Crippen molar-refractivity contribution in [2.75, 3.05) is 43.0 Å². The van der Waals surface area contributed by atoms with Gasteiger partial charge in [0.1, 0.15) is 11.6 Å². The minimum absolute atomic E-state index is 0.0340. The van der Waals surface area contributed by atoms with E-state index < -0.39 is 15.9 Å². The molecular weight excluding hydrogens is 493 g/mol. The molecule has 7 nitrogen and oxygen atoms in total. The van der Waals surface area contributed by atoms with Gasteiger partial charge in [-0.2, -0.15) is 4.31 Å². The molecule has 0 saturated carbocycles. The average Bonchev–Trinajstić information content (AvgIpc) is 2.86. The molecule has 3 aromatic carbocycles. The number of rotatable bonds is 7. The number of amides is 1. The molecule has 1 N–H and O–H groups in total. The van der Waals surface area contributed by atoms with Crippen LogP contribution in [0.1, 0.15) is 17.3 Å². The van der Waals surface area contributed by atoms with Gasteiger partial charge < -0.3 is 15.0 Å². The molecule has 0 spiro atoms. The van der Waals surface area contributed by atoms with Crippen LogP contribution in [-0.2, 0) is 10.0 Å². The number of sulfonamides is 1. The Bertz CT molecular complexity index is 1310. The summed E-state index contributed by atoms with van der Waals surface area (Å²) in [6.45, 7) is 3.26. The third-order valence-corrected chi connectivity index (χ3v) is 7.82. The predicted molar refractivity (Wildman–Crippen MR) is 134 cm³/mol. The molecular formula is C25H25ClFN3O4S. The van der Waals surface area contributed by atoms with Crippen LogP contribution >= 0.6 is 11.6 Å². The summed E-state index contributed by atoms with van der Waals surface area (Å²) in [5.74, 6) is -0.398. The standard InChI is InChI=1S/C25H25ClFN3O4S/c1-2-34-24-12-11-20(17-22(24)28-25(31)18-7-9-19(26)10-8-18)35(32,33)30-15-13-29(14-16-30)23-6-4-3-5-21(23)27/h3-12,17H,2,13-16H2,1H3,(H,28,31). The zero-order valence-electron chi connectivity index (χ0n) is 19.1. The summed E-state index contributed by atoms with van der Waals surface area (Å²) in [5, 5.41) is 3.24. The lowest BCUT2D eigenvalue weighted by atomic mass is 10.2. The van der Waals surface area contributed by atoms with Gasteiger partial charge in [0.05, 0.1) is 22.9 Å². The number of nitrogens with zero attached hydrogens (tertiary/aromatic N) is 2. The number of nitrogens with one attached hydrogen (secondary N) is 1. The molecule has 10 heteroatoms. The van der Waals surface area contributed by atoms with Crippen LogP contribution in [0.4, 0.5) is 15.8 Å². The molecule has 0 aliphatic carbocycles. The first-order chi connectivity index (χ1) is 16.8. The topological polar surface area (TPSA) is 79.0 Å². The Morgan fingerprint density at radius 3 is 2.37 bits per heavy atom. The van der Waals surface area contributed by atoms with Gasteiger partial charge in [-0.3, -0.25) is 4.79 Å². The molecule has 1 saturated heterocycles. The van der Waals surface area contributed by atoms with Gasteiger partial charge in [0.15, 0.2) is 0 Å². The molecule has 1 heterocycles. The summed E-state index contributed by atoms with van der Waals surface area (Å²) in [5.41, 5.74) is 1.07. The minimum atomic E-state index is -3.85. The van der Waals surface area contributed by atoms with Crippen LogP contribution in [0.3, 0.4) is 0 Å². The summed E-state index contributed by atoms with van der Waals surface area (Å²) in [6.07, 6.45) is 0. The fourth-order valence-corrected chi connectivity index (χ4v) is 5.45. The van der Waals surface area contributed by atoms with Gasteiger partial charge in [-0.15, -0.1) is 0 Å². The van der Waals surface area contributed by atoms with Gasteiger partial charge in [-0.25, -0.2) is 12.8 Å². The maximum absolute atomic E-state index is 14.1. The monoisotopic (exact) mass is 517 g/mol. The number of ether oxygens (including phenoxy) is 1. The molecule has 0 unspecified atom stereocenters. The number of carbonyl (C=O) groups is 1. The highest BCUT2D eigenvalue weighted by Gasteiger charge is 2.30. The Balaban J connectivity index is 1.54. The maximum atomic E-state index is 14.1. The van der Waals surface area contributed by atoms with Crippen LogP contribution in [0.2, 0.25) is 5.02 Å². The second kappa shape index (κ2) is 10.6. The third-order valence-electron chi connectivity index (χ3n) is 5.68. The van der Waals surface area contributed by atoms with Crippen LogP contribution in [0, 0.1) is 5.82 Å². The Kier molecular flexibility index (Phi) is 7.59. The molecule has 1 aliphatic heterocycles. The number of carbonyl (C=O) groups excluding carboxylic acids is 1. The number of piperazine rings is 1. The Morgan fingerprint density at radius 1 is 1.03 bits per heavy atom. The van der Waals surface area contributed by atoms with Crippen molar-refractivity contribution in [3.8, 4) is 5.75 Å². The molecule has 0 radical (unpaired) electrons. The highest BCUT2D eigenvalue weighted by atomic mass is 35.5. The minimum Gasteiger partial charge on any atom is -0.492 e. The van der Waals surface area contributed by atoms with E-state index in [1.807, 2.05) is 4.90 Å². The lowest BCUT2D eigenvalue weighted by molar-refractivity contribution is 0.102. The molecule has 35 heavy (non-hydrogen) atoms. The molecule has 3 aromatic rings. The molecule has 0 aromatic heterocycles. The van der Waals surface area contributed by atoms with Crippen LogP contribution in [0.15, 0.2) is 71.6 Å². The van der Waals surface area contributed by atoms with Gasteiger partial charge in [0.2, 0.25) is 10.0 Å². The molecule has 1 aliphatic rings. The first-order valence-corrected chi connectivity index (χ1v) is 12.9. The van der Waals surface area contributed by atoms with Crippen molar-refractivity contribution in [1.82, 2.24) is 4.31 Å². The number of anilines is 2. The number of benzene rings is 3. The van der Waals surface area contributed by atoms with E-state index in [1.165, 1.54) is 28.6 Å². The van der Waals surface area contributed by atoms with Gasteiger partial charge >= 0.3 is 0 Å². The summed E-state index contributed by atoms with van der Waals surface area (Å²) < 4.78 is 47.8. The quantitative estimate of drug-likeness (QED) is 0.494. The van der Waals surface area contributed by atoms with E-state index in [0.29, 0.717) is 41.7 Å². The van der Waals surface area contributed by atoms with Gasteiger partial charge in [0.25, 0.3) is 5.91 Å². The predicted octanol–water partition coefficient (Wildman–Crippen LogP) is 4.64. The van der Waals surface area contributed by atoms with E-state index in [4.69, 9.17) is 16.3 Å². The Labute approximate surface area is 209 Å². The smallest absolute Gasteiger partial charge is 0.255 e. The average molecular weight is 518 g/mol. The van der Waals surface area contributed by atoms with Crippen LogP contribution < -0.4 is 15.0 Å². The van der Waals surface area contributed by atoms with Crippen molar-refractivity contribution >= 4 is 38.9 Å². The lowest BCUT2D eigenvalue weighted by Crippen LogP contribution is -2.48. The molecule has 1 fully saturated rings. The molecule has 0 atom stereocenters. The van der Waals surface area contributed by atoms with Crippen molar-refractivity contribution in [2.24, 2.45) is 0 Å². The van der Waals surface area contributed by atoms with Crippen LogP contribution in [0.25, 0.3) is 0 Å². The zero-order valence-corrected chi connectivity index (χ0v) is 20.7. The second-order valence-corrected chi connectivity index (χ2v) is 10.3. The van der Waals surface area contributed by atoms with Crippen molar-refractivity contribution in [3.63, 3.8) is 0 Å². The highest BCUT2D eigenvalue weighted by Crippen LogP contribution is 2.31. The number of para-hydroxylation sites is 1. The summed E-state index contributed by atoms with van der Waals surface area (Å²) in [7, 11) is -3.85.